The summed E-state index contributed by atoms with van der Waals surface area (Å²) in [5, 5.41) is 10.2. The monoisotopic (exact) mass is 601 g/mol. The lowest BCUT2D eigenvalue weighted by Crippen LogP contribution is -2.54. The van der Waals surface area contributed by atoms with Gasteiger partial charge in [-0.2, -0.15) is 0 Å². The lowest BCUT2D eigenvalue weighted by molar-refractivity contribution is -0.169. The Balaban J connectivity index is 1.40. The summed E-state index contributed by atoms with van der Waals surface area (Å²) in [7, 11) is 0. The molecule has 0 heterocycles. The molecule has 2 fully saturated rings. The fraction of sp³-hybridized carbons (Fsp3) is 0.615. The number of amides is 2. The Morgan fingerprint density at radius 3 is 2.41 bits per heavy atom. The first-order chi connectivity index (χ1) is 20.9. The molecule has 5 heteroatoms. The molecular weight excluding hydrogens is 546 g/mol. The van der Waals surface area contributed by atoms with Crippen LogP contribution < -0.4 is 0 Å². The third kappa shape index (κ3) is 7.29. The molecule has 1 N–H and O–H groups in total. The van der Waals surface area contributed by atoms with Gasteiger partial charge in [0.25, 0.3) is 0 Å². The molecule has 5 unspecified atom stereocenters. The van der Waals surface area contributed by atoms with Crippen LogP contribution in [0.5, 0.6) is 0 Å². The van der Waals surface area contributed by atoms with Crippen LogP contribution in [0.1, 0.15) is 111 Å². The number of allylic oxidation sites excluding steroid dienone is 6. The van der Waals surface area contributed by atoms with Crippen molar-refractivity contribution in [2.45, 2.75) is 112 Å². The van der Waals surface area contributed by atoms with E-state index in [1.54, 1.807) is 0 Å². The van der Waals surface area contributed by atoms with Crippen LogP contribution in [-0.4, -0.2) is 28.3 Å². The number of hydrogen-bond donors (Lipinski definition) is 1. The molecule has 240 valence electrons. The number of carboxylic acids is 1. The normalized spacial score (nSPS) is 29.7. The molecule has 6 atom stereocenters. The zero-order valence-corrected chi connectivity index (χ0v) is 28.0. The number of aliphatic carboxylic acids is 1. The summed E-state index contributed by atoms with van der Waals surface area (Å²) < 4.78 is 0. The lowest BCUT2D eigenvalue weighted by Gasteiger charge is -2.58. The Bertz CT molecular complexity index is 1280. The maximum atomic E-state index is 13.7. The van der Waals surface area contributed by atoms with Gasteiger partial charge in [0.1, 0.15) is 0 Å². The van der Waals surface area contributed by atoms with Crippen LogP contribution in [0.15, 0.2) is 65.4 Å². The predicted molar refractivity (Wildman–Crippen MR) is 177 cm³/mol. The number of carboxylic acid groups (broad SMARTS) is 1. The zero-order chi connectivity index (χ0) is 32.1. The van der Waals surface area contributed by atoms with Gasteiger partial charge in [-0.3, -0.25) is 19.3 Å². The Hall–Kier alpha value is -2.95. The zero-order valence-electron chi connectivity index (χ0n) is 28.0. The molecule has 0 saturated heterocycles. The van der Waals surface area contributed by atoms with E-state index in [4.69, 9.17) is 0 Å². The minimum absolute atomic E-state index is 0.0490. The molecule has 2 amide bonds. The summed E-state index contributed by atoms with van der Waals surface area (Å²) in [5.74, 6) is 0.400. The standard InChI is InChI=1S/C39H55NO4/c1-27(2)33(36(42)40(26-41)32-18-16-31(17-19-32)25-30-11-8-7-9-12-30)20-13-28(3)14-21-34-29(4)15-22-35-38(34,5)23-10-24-39(35,6)37(43)44/h7-9,11-13,16,18,26-27,29,33-35H,10,14-15,17,19-25H2,1-6H3,(H,43,44)/b28-13-/t29-,33?,34?,35?,38?,39?/m1/s1. The van der Waals surface area contributed by atoms with Crippen LogP contribution in [-0.2, 0) is 20.8 Å². The highest BCUT2D eigenvalue weighted by Crippen LogP contribution is 2.62. The van der Waals surface area contributed by atoms with Crippen molar-refractivity contribution in [3.63, 3.8) is 0 Å². The van der Waals surface area contributed by atoms with Gasteiger partial charge in [0.2, 0.25) is 12.3 Å². The van der Waals surface area contributed by atoms with Gasteiger partial charge in [0.05, 0.1) is 5.41 Å². The van der Waals surface area contributed by atoms with Crippen LogP contribution in [0, 0.1) is 40.4 Å². The van der Waals surface area contributed by atoms with Gasteiger partial charge >= 0.3 is 5.97 Å². The van der Waals surface area contributed by atoms with Gasteiger partial charge in [0, 0.05) is 11.6 Å². The fourth-order valence-electron chi connectivity index (χ4n) is 8.94. The van der Waals surface area contributed by atoms with Crippen molar-refractivity contribution < 1.29 is 19.5 Å². The van der Waals surface area contributed by atoms with E-state index in [0.29, 0.717) is 31.1 Å². The molecular formula is C39H55NO4. The summed E-state index contributed by atoms with van der Waals surface area (Å²) in [6.45, 7) is 13.0. The minimum atomic E-state index is -0.626. The van der Waals surface area contributed by atoms with E-state index < -0.39 is 11.4 Å². The number of imide groups is 1. The van der Waals surface area contributed by atoms with Crippen LogP contribution >= 0.6 is 0 Å². The second-order valence-electron chi connectivity index (χ2n) is 14.9. The molecule has 1 aromatic carbocycles. The summed E-state index contributed by atoms with van der Waals surface area (Å²) in [6, 6.07) is 10.4. The maximum absolute atomic E-state index is 13.7. The average Bonchev–Trinajstić information content (AvgIpc) is 2.98. The van der Waals surface area contributed by atoms with Crippen molar-refractivity contribution in [2.24, 2.45) is 40.4 Å². The highest BCUT2D eigenvalue weighted by Gasteiger charge is 2.57. The van der Waals surface area contributed by atoms with Gasteiger partial charge in [0.15, 0.2) is 0 Å². The fourth-order valence-corrected chi connectivity index (χ4v) is 8.94. The van der Waals surface area contributed by atoms with Gasteiger partial charge in [-0.05, 0) is 112 Å². The van der Waals surface area contributed by atoms with Gasteiger partial charge in [-0.25, -0.2) is 0 Å². The summed E-state index contributed by atoms with van der Waals surface area (Å²) in [4.78, 5) is 39.7. The number of carbonyl (C=O) groups is 3. The third-order valence-corrected chi connectivity index (χ3v) is 11.7. The Morgan fingerprint density at radius 2 is 1.80 bits per heavy atom. The molecule has 0 bridgehead atoms. The van der Waals surface area contributed by atoms with Gasteiger partial charge in [-0.1, -0.05) is 94.2 Å². The van der Waals surface area contributed by atoms with E-state index in [9.17, 15) is 19.5 Å². The average molecular weight is 602 g/mol. The van der Waals surface area contributed by atoms with E-state index in [-0.39, 0.29) is 29.1 Å². The lowest BCUT2D eigenvalue weighted by atomic mass is 9.45. The molecule has 3 aliphatic carbocycles. The van der Waals surface area contributed by atoms with Gasteiger partial charge < -0.3 is 5.11 Å². The molecule has 0 spiro atoms. The van der Waals surface area contributed by atoms with Crippen LogP contribution in [0.2, 0.25) is 0 Å². The number of fused-ring (bicyclic) bond motifs is 1. The molecule has 0 aromatic heterocycles. The van der Waals surface area contributed by atoms with Crippen molar-refractivity contribution in [3.05, 3.63) is 71.0 Å². The van der Waals surface area contributed by atoms with E-state index in [2.05, 4.69) is 71.0 Å². The quantitative estimate of drug-likeness (QED) is 0.191. The van der Waals surface area contributed by atoms with Gasteiger partial charge in [-0.15, -0.1) is 0 Å². The predicted octanol–water partition coefficient (Wildman–Crippen LogP) is 9.15. The van der Waals surface area contributed by atoms with Crippen LogP contribution in [0.3, 0.4) is 0 Å². The van der Waals surface area contributed by atoms with Crippen LogP contribution in [0.25, 0.3) is 0 Å². The van der Waals surface area contributed by atoms with E-state index >= 15 is 0 Å². The van der Waals surface area contributed by atoms with E-state index in [1.807, 2.05) is 19.1 Å². The number of benzene rings is 1. The van der Waals surface area contributed by atoms with Crippen molar-refractivity contribution in [1.82, 2.24) is 4.90 Å². The largest absolute Gasteiger partial charge is 0.481 e. The molecule has 2 saturated carbocycles. The molecule has 5 nitrogen and oxygen atoms in total. The molecule has 0 radical (unpaired) electrons. The highest BCUT2D eigenvalue weighted by molar-refractivity contribution is 5.90. The second kappa shape index (κ2) is 14.4. The minimum Gasteiger partial charge on any atom is -0.481 e. The summed E-state index contributed by atoms with van der Waals surface area (Å²) in [6.07, 6.45) is 17.0. The Labute approximate surface area is 265 Å². The van der Waals surface area contributed by atoms with Crippen molar-refractivity contribution in [1.29, 1.82) is 0 Å². The number of carbonyl (C=O) groups excluding carboxylic acids is 2. The Kier molecular flexibility index (Phi) is 11.1. The summed E-state index contributed by atoms with van der Waals surface area (Å²) >= 11 is 0. The number of hydrogen-bond acceptors (Lipinski definition) is 3. The van der Waals surface area contributed by atoms with Crippen molar-refractivity contribution in [2.75, 3.05) is 0 Å². The maximum Gasteiger partial charge on any atom is 0.309 e. The molecule has 1 aromatic rings. The molecule has 0 aliphatic heterocycles. The third-order valence-electron chi connectivity index (χ3n) is 11.7. The van der Waals surface area contributed by atoms with Crippen molar-refractivity contribution >= 4 is 18.3 Å². The first kappa shape index (κ1) is 33.9. The number of nitrogens with zero attached hydrogens (tertiary/aromatic N) is 1. The molecule has 4 rings (SSSR count). The topological polar surface area (TPSA) is 74.7 Å². The van der Waals surface area contributed by atoms with Crippen molar-refractivity contribution in [3.8, 4) is 0 Å². The highest BCUT2D eigenvalue weighted by atomic mass is 16.4. The van der Waals surface area contributed by atoms with E-state index in [1.165, 1.54) is 21.6 Å². The number of rotatable bonds is 12. The Morgan fingerprint density at radius 1 is 1.07 bits per heavy atom. The second-order valence-corrected chi connectivity index (χ2v) is 14.9. The molecule has 44 heavy (non-hydrogen) atoms. The first-order valence-electron chi connectivity index (χ1n) is 17.0. The van der Waals surface area contributed by atoms with Crippen LogP contribution in [0.4, 0.5) is 0 Å². The van der Waals surface area contributed by atoms with E-state index in [0.717, 1.165) is 63.5 Å². The molecule has 3 aliphatic rings. The SMILES string of the molecule is C/C(=C/CC(C(=O)N(C=O)C1=CC=C(Cc2ccccc2)CC1)C(C)C)CCC1[C@H](C)CCC2C(C)(C(=O)O)CCCC12C. The summed E-state index contributed by atoms with van der Waals surface area (Å²) in [5.41, 5.74) is 4.06. The first-order valence-corrected chi connectivity index (χ1v) is 17.0. The smallest absolute Gasteiger partial charge is 0.309 e.